The van der Waals surface area contributed by atoms with Crippen LogP contribution >= 0.6 is 11.8 Å². The molecule has 78 valence electrons. The maximum absolute atomic E-state index is 8.70. The van der Waals surface area contributed by atoms with Crippen molar-refractivity contribution < 1.29 is 0 Å². The van der Waals surface area contributed by atoms with Crippen LogP contribution < -0.4 is 11.6 Å². The lowest BCUT2D eigenvalue weighted by atomic mass is 10.1. The van der Waals surface area contributed by atoms with E-state index < -0.39 is 0 Å². The van der Waals surface area contributed by atoms with Gasteiger partial charge in [-0.05, 0) is 30.2 Å². The molecule has 15 heavy (non-hydrogen) atoms. The number of benzene rings is 1. The Morgan fingerprint density at radius 2 is 2.33 bits per heavy atom. The summed E-state index contributed by atoms with van der Waals surface area (Å²) >= 11 is 1.38. The average Bonchev–Trinajstić information content (AvgIpc) is 2.26. The van der Waals surface area contributed by atoms with Crippen molar-refractivity contribution >= 4 is 16.9 Å². The van der Waals surface area contributed by atoms with Gasteiger partial charge in [-0.15, -0.1) is 0 Å². The maximum atomic E-state index is 8.70. The lowest BCUT2D eigenvalue weighted by Crippen LogP contribution is -2.09. The van der Waals surface area contributed by atoms with Crippen molar-refractivity contribution in [3.05, 3.63) is 34.9 Å². The highest BCUT2D eigenvalue weighted by atomic mass is 32.2. The largest absolute Gasteiger partial charge is 0.377 e. The summed E-state index contributed by atoms with van der Waals surface area (Å²) in [5.74, 6) is 5.73. The van der Waals surface area contributed by atoms with Gasteiger partial charge in [0.15, 0.2) is 5.17 Å². The summed E-state index contributed by atoms with van der Waals surface area (Å²) in [5, 5.41) is 12.4. The lowest BCUT2D eigenvalue weighted by Gasteiger charge is -2.04. The second-order valence-electron chi connectivity index (χ2n) is 3.01. The predicted octanol–water partition coefficient (Wildman–Crippen LogP) is 1.29. The van der Waals surface area contributed by atoms with Crippen LogP contribution in [0.1, 0.15) is 16.7 Å². The number of thioether (sulfide) groups is 1. The second-order valence-corrected chi connectivity index (χ2v) is 4.00. The number of aryl methyl sites for hydroxylation is 1. The van der Waals surface area contributed by atoms with E-state index in [1.807, 2.05) is 19.1 Å². The molecule has 5 heteroatoms. The van der Waals surface area contributed by atoms with Crippen molar-refractivity contribution in [3.8, 4) is 6.07 Å². The Hall–Kier alpha value is -1.67. The number of hydrazone groups is 1. The molecule has 0 bridgehead atoms. The summed E-state index contributed by atoms with van der Waals surface area (Å²) in [5.41, 5.74) is 8.34. The monoisotopic (exact) mass is 220 g/mol. The fourth-order valence-electron chi connectivity index (χ4n) is 1.12. The Morgan fingerprint density at radius 1 is 1.60 bits per heavy atom. The van der Waals surface area contributed by atoms with Crippen LogP contribution in [0.3, 0.4) is 0 Å². The smallest absolute Gasteiger partial charge is 0.177 e. The molecule has 0 aliphatic rings. The maximum Gasteiger partial charge on any atom is 0.177 e. The van der Waals surface area contributed by atoms with Gasteiger partial charge in [-0.1, -0.05) is 17.8 Å². The van der Waals surface area contributed by atoms with E-state index in [-0.39, 0.29) is 0 Å². The molecular weight excluding hydrogens is 208 g/mol. The second kappa shape index (κ2) is 5.27. The first-order valence-electron chi connectivity index (χ1n) is 4.33. The summed E-state index contributed by atoms with van der Waals surface area (Å²) in [7, 11) is 0. The molecule has 1 aromatic rings. The molecule has 1 aromatic carbocycles. The fourth-order valence-corrected chi connectivity index (χ4v) is 1.82. The van der Waals surface area contributed by atoms with Crippen LogP contribution in [0.25, 0.3) is 0 Å². The van der Waals surface area contributed by atoms with Gasteiger partial charge in [0.05, 0.1) is 11.6 Å². The molecule has 0 aromatic heterocycles. The van der Waals surface area contributed by atoms with Gasteiger partial charge in [0.1, 0.15) is 0 Å². The van der Waals surface area contributed by atoms with Crippen LogP contribution in [0.15, 0.2) is 23.3 Å². The number of amidine groups is 1. The Bertz CT molecular complexity index is 420. The van der Waals surface area contributed by atoms with E-state index in [9.17, 15) is 0 Å². The van der Waals surface area contributed by atoms with Gasteiger partial charge in [-0.25, -0.2) is 0 Å². The highest BCUT2D eigenvalue weighted by Gasteiger charge is 2.01. The number of nitrogens with zero attached hydrogens (tertiary/aromatic N) is 2. The standard InChI is InChI=1S/C10H12N4S/c1-7-4-8(5-11)2-3-9(7)6-15-10(12)14-13/h2-4H,6,13H2,1H3,(H2,12,14). The van der Waals surface area contributed by atoms with E-state index in [4.69, 9.17) is 16.8 Å². The molecule has 0 saturated carbocycles. The Kier molecular flexibility index (Phi) is 4.01. The van der Waals surface area contributed by atoms with Crippen LogP contribution in [0.2, 0.25) is 0 Å². The molecule has 0 spiro atoms. The molecule has 0 saturated heterocycles. The normalized spacial score (nSPS) is 11.1. The first-order valence-corrected chi connectivity index (χ1v) is 5.31. The van der Waals surface area contributed by atoms with Crippen LogP contribution in [0.5, 0.6) is 0 Å². The summed E-state index contributed by atoms with van der Waals surface area (Å²) in [6.45, 7) is 1.96. The van der Waals surface area contributed by atoms with Crippen molar-refractivity contribution in [1.29, 1.82) is 5.26 Å². The van der Waals surface area contributed by atoms with Crippen molar-refractivity contribution in [1.82, 2.24) is 0 Å². The third kappa shape index (κ3) is 3.18. The topological polar surface area (TPSA) is 88.2 Å². The summed E-state index contributed by atoms with van der Waals surface area (Å²) in [6.07, 6.45) is 0. The molecule has 0 amide bonds. The van der Waals surface area contributed by atoms with Gasteiger partial charge in [-0.3, -0.25) is 0 Å². The van der Waals surface area contributed by atoms with Crippen LogP contribution in [-0.2, 0) is 5.75 Å². The molecule has 0 fully saturated rings. The predicted molar refractivity (Wildman–Crippen MR) is 63.0 cm³/mol. The molecule has 0 radical (unpaired) electrons. The lowest BCUT2D eigenvalue weighted by molar-refractivity contribution is 1.25. The zero-order valence-corrected chi connectivity index (χ0v) is 9.21. The van der Waals surface area contributed by atoms with Gasteiger partial charge in [0, 0.05) is 5.75 Å². The minimum absolute atomic E-state index is 0.360. The molecule has 0 heterocycles. The third-order valence-electron chi connectivity index (χ3n) is 1.97. The SMILES string of the molecule is Cc1cc(C#N)ccc1CS/C(N)=N/N. The zero-order valence-electron chi connectivity index (χ0n) is 8.40. The van der Waals surface area contributed by atoms with E-state index >= 15 is 0 Å². The first kappa shape index (κ1) is 11.4. The molecular formula is C10H12N4S. The summed E-state index contributed by atoms with van der Waals surface area (Å²) < 4.78 is 0. The molecule has 4 N–H and O–H groups in total. The van der Waals surface area contributed by atoms with Crippen molar-refractivity contribution in [2.45, 2.75) is 12.7 Å². The molecule has 0 aliphatic heterocycles. The van der Waals surface area contributed by atoms with E-state index in [0.717, 1.165) is 11.1 Å². The van der Waals surface area contributed by atoms with E-state index in [1.54, 1.807) is 6.07 Å². The molecule has 1 rings (SSSR count). The molecule has 0 atom stereocenters. The number of hydrogen-bond donors (Lipinski definition) is 2. The van der Waals surface area contributed by atoms with Crippen LogP contribution in [-0.4, -0.2) is 5.17 Å². The first-order chi connectivity index (χ1) is 7.17. The van der Waals surface area contributed by atoms with Crippen molar-refractivity contribution in [2.75, 3.05) is 0 Å². The Balaban J connectivity index is 2.75. The van der Waals surface area contributed by atoms with Gasteiger partial charge < -0.3 is 11.6 Å². The van der Waals surface area contributed by atoms with Crippen LogP contribution in [0.4, 0.5) is 0 Å². The molecule has 0 unspecified atom stereocenters. The van der Waals surface area contributed by atoms with E-state index in [2.05, 4.69) is 11.2 Å². The quantitative estimate of drug-likeness (QED) is 0.340. The fraction of sp³-hybridized carbons (Fsp3) is 0.200. The van der Waals surface area contributed by atoms with Gasteiger partial charge in [0.2, 0.25) is 0 Å². The molecule has 4 nitrogen and oxygen atoms in total. The van der Waals surface area contributed by atoms with E-state index in [1.165, 1.54) is 11.8 Å². The zero-order chi connectivity index (χ0) is 11.3. The number of rotatable bonds is 2. The number of nitrogens with two attached hydrogens (primary N) is 2. The minimum atomic E-state index is 0.360. The highest BCUT2D eigenvalue weighted by molar-refractivity contribution is 8.13. The number of hydrogen-bond acceptors (Lipinski definition) is 4. The van der Waals surface area contributed by atoms with Crippen molar-refractivity contribution in [3.63, 3.8) is 0 Å². The third-order valence-corrected chi connectivity index (χ3v) is 2.83. The van der Waals surface area contributed by atoms with Crippen molar-refractivity contribution in [2.24, 2.45) is 16.7 Å². The highest BCUT2D eigenvalue weighted by Crippen LogP contribution is 2.17. The van der Waals surface area contributed by atoms with Gasteiger partial charge in [0.25, 0.3) is 0 Å². The van der Waals surface area contributed by atoms with Crippen LogP contribution in [0, 0.1) is 18.3 Å². The number of nitriles is 1. The van der Waals surface area contributed by atoms with E-state index in [0.29, 0.717) is 16.5 Å². The molecule has 0 aliphatic carbocycles. The Labute approximate surface area is 93.0 Å². The minimum Gasteiger partial charge on any atom is -0.377 e. The Morgan fingerprint density at radius 3 is 2.87 bits per heavy atom. The van der Waals surface area contributed by atoms with Gasteiger partial charge in [-0.2, -0.15) is 10.4 Å². The van der Waals surface area contributed by atoms with Gasteiger partial charge >= 0.3 is 0 Å². The average molecular weight is 220 g/mol. The summed E-state index contributed by atoms with van der Waals surface area (Å²) in [6, 6.07) is 7.66. The summed E-state index contributed by atoms with van der Waals surface area (Å²) in [4.78, 5) is 0.